The molecule has 0 aromatic carbocycles. The van der Waals surface area contributed by atoms with Crippen molar-refractivity contribution in [1.82, 2.24) is 20.5 Å². The highest BCUT2D eigenvalue weighted by atomic mass is 16.6. The lowest BCUT2D eigenvalue weighted by Gasteiger charge is -2.34. The van der Waals surface area contributed by atoms with Gasteiger partial charge in [-0.3, -0.25) is 9.69 Å². The van der Waals surface area contributed by atoms with Crippen molar-refractivity contribution in [1.29, 1.82) is 0 Å². The van der Waals surface area contributed by atoms with E-state index in [4.69, 9.17) is 9.84 Å². The minimum atomic E-state index is -0.244. The van der Waals surface area contributed by atoms with Crippen molar-refractivity contribution in [2.45, 2.75) is 38.0 Å². The molecule has 0 unspecified atom stereocenters. The van der Waals surface area contributed by atoms with Crippen LogP contribution in [-0.4, -0.2) is 70.7 Å². The molecule has 3 atom stereocenters. The predicted molar refractivity (Wildman–Crippen MR) is 71.7 cm³/mol. The van der Waals surface area contributed by atoms with E-state index in [2.05, 4.69) is 25.2 Å². The number of nitrogens with zero attached hydrogens (tertiary/aromatic N) is 3. The monoisotopic (exact) mass is 296 g/mol. The fraction of sp³-hybridized carbons (Fsp3) is 0.769. The molecule has 2 aliphatic heterocycles. The Labute approximate surface area is 122 Å². The maximum atomic E-state index is 12.1. The molecule has 0 aliphatic carbocycles. The van der Waals surface area contributed by atoms with E-state index in [1.165, 1.54) is 0 Å². The van der Waals surface area contributed by atoms with Gasteiger partial charge in [0.25, 0.3) is 5.91 Å². The van der Waals surface area contributed by atoms with Crippen molar-refractivity contribution in [3.8, 4) is 0 Å². The smallest absolute Gasteiger partial charge is 0.275 e. The first-order chi connectivity index (χ1) is 10.2. The lowest BCUT2D eigenvalue weighted by molar-refractivity contribution is -0.0566. The van der Waals surface area contributed by atoms with Crippen LogP contribution in [0.4, 0.5) is 0 Å². The Bertz CT molecular complexity index is 506. The molecule has 21 heavy (non-hydrogen) atoms. The van der Waals surface area contributed by atoms with Gasteiger partial charge in [-0.25, -0.2) is 4.63 Å². The fourth-order valence-corrected chi connectivity index (χ4v) is 3.06. The molecule has 8 nitrogen and oxygen atoms in total. The van der Waals surface area contributed by atoms with E-state index in [1.54, 1.807) is 6.92 Å². The Morgan fingerprint density at radius 2 is 2.33 bits per heavy atom. The molecule has 0 radical (unpaired) electrons. The van der Waals surface area contributed by atoms with E-state index in [1.807, 2.05) is 0 Å². The fourth-order valence-electron chi connectivity index (χ4n) is 3.06. The summed E-state index contributed by atoms with van der Waals surface area (Å²) in [4.78, 5) is 14.4. The topological polar surface area (TPSA) is 101 Å². The lowest BCUT2D eigenvalue weighted by Crippen LogP contribution is -2.46. The van der Waals surface area contributed by atoms with E-state index in [0.717, 1.165) is 19.5 Å². The molecule has 1 aromatic rings. The molecule has 1 aromatic heterocycles. The van der Waals surface area contributed by atoms with Crippen LogP contribution < -0.4 is 5.32 Å². The van der Waals surface area contributed by atoms with Gasteiger partial charge in [-0.05, 0) is 24.9 Å². The van der Waals surface area contributed by atoms with Crippen LogP contribution >= 0.6 is 0 Å². The second-order valence-corrected chi connectivity index (χ2v) is 5.68. The number of hydrogen-bond acceptors (Lipinski definition) is 7. The summed E-state index contributed by atoms with van der Waals surface area (Å²) in [7, 11) is 0. The van der Waals surface area contributed by atoms with Crippen LogP contribution in [0.2, 0.25) is 0 Å². The first kappa shape index (κ1) is 14.4. The maximum Gasteiger partial charge on any atom is 0.275 e. The molecule has 2 saturated heterocycles. The van der Waals surface area contributed by atoms with Crippen LogP contribution in [0.15, 0.2) is 4.63 Å². The SMILES string of the molecule is Cc1nonc1C(=O)N[C@H]1C[C@H]2CO[C@@H](CCO)CN2C1. The van der Waals surface area contributed by atoms with E-state index >= 15 is 0 Å². The molecule has 2 fully saturated rings. The van der Waals surface area contributed by atoms with Gasteiger partial charge >= 0.3 is 0 Å². The normalized spacial score (nSPS) is 29.3. The molecular formula is C13H20N4O4. The Morgan fingerprint density at radius 1 is 1.48 bits per heavy atom. The van der Waals surface area contributed by atoms with Crippen molar-refractivity contribution < 1.29 is 19.3 Å². The molecule has 3 rings (SSSR count). The quantitative estimate of drug-likeness (QED) is 0.760. The summed E-state index contributed by atoms with van der Waals surface area (Å²) < 4.78 is 10.3. The number of aliphatic hydroxyl groups excluding tert-OH is 1. The Balaban J connectivity index is 1.55. The molecule has 3 heterocycles. The number of morpholine rings is 1. The Kier molecular flexibility index (Phi) is 4.18. The molecule has 0 saturated carbocycles. The van der Waals surface area contributed by atoms with Crippen LogP contribution in [0, 0.1) is 6.92 Å². The highest BCUT2D eigenvalue weighted by Crippen LogP contribution is 2.24. The van der Waals surface area contributed by atoms with E-state index < -0.39 is 0 Å². The molecule has 2 N–H and O–H groups in total. The number of aryl methyl sites for hydroxylation is 1. The number of carbonyl (C=O) groups excluding carboxylic acids is 1. The highest BCUT2D eigenvalue weighted by Gasteiger charge is 2.38. The van der Waals surface area contributed by atoms with E-state index in [9.17, 15) is 4.79 Å². The van der Waals surface area contributed by atoms with Gasteiger partial charge in [0.05, 0.1) is 12.7 Å². The van der Waals surface area contributed by atoms with Gasteiger partial charge in [0.15, 0.2) is 5.69 Å². The first-order valence-electron chi connectivity index (χ1n) is 7.24. The van der Waals surface area contributed by atoms with Crippen molar-refractivity contribution in [2.24, 2.45) is 0 Å². The maximum absolute atomic E-state index is 12.1. The Morgan fingerprint density at radius 3 is 3.05 bits per heavy atom. The lowest BCUT2D eigenvalue weighted by atomic mass is 10.1. The zero-order chi connectivity index (χ0) is 14.8. The molecule has 8 heteroatoms. The van der Waals surface area contributed by atoms with Crippen molar-refractivity contribution in [3.05, 3.63) is 11.4 Å². The number of rotatable bonds is 4. The van der Waals surface area contributed by atoms with Gasteiger partial charge in [0.1, 0.15) is 5.69 Å². The van der Waals surface area contributed by atoms with Crippen LogP contribution in [-0.2, 0) is 4.74 Å². The minimum Gasteiger partial charge on any atom is -0.396 e. The van der Waals surface area contributed by atoms with Gasteiger partial charge in [-0.1, -0.05) is 5.16 Å². The number of nitrogens with one attached hydrogen (secondary N) is 1. The average Bonchev–Trinajstić information content (AvgIpc) is 3.04. The van der Waals surface area contributed by atoms with Gasteiger partial charge in [0, 0.05) is 31.8 Å². The number of hydrogen-bond donors (Lipinski definition) is 2. The third-order valence-electron chi connectivity index (χ3n) is 4.14. The van der Waals surface area contributed by atoms with Crippen molar-refractivity contribution >= 4 is 5.91 Å². The van der Waals surface area contributed by atoms with Gasteiger partial charge in [-0.15, -0.1) is 0 Å². The summed E-state index contributed by atoms with van der Waals surface area (Å²) in [6.07, 6.45) is 1.61. The second kappa shape index (κ2) is 6.08. The summed E-state index contributed by atoms with van der Waals surface area (Å²) in [6, 6.07) is 0.414. The molecule has 2 aliphatic rings. The number of ether oxygens (including phenoxy) is 1. The largest absolute Gasteiger partial charge is 0.396 e. The Hall–Kier alpha value is -1.51. The van der Waals surface area contributed by atoms with Crippen LogP contribution in [0.3, 0.4) is 0 Å². The van der Waals surface area contributed by atoms with Crippen LogP contribution in [0.1, 0.15) is 29.0 Å². The van der Waals surface area contributed by atoms with Gasteiger partial charge in [-0.2, -0.15) is 0 Å². The molecule has 0 bridgehead atoms. The first-order valence-corrected chi connectivity index (χ1v) is 7.24. The van der Waals surface area contributed by atoms with Crippen molar-refractivity contribution in [3.63, 3.8) is 0 Å². The van der Waals surface area contributed by atoms with E-state index in [-0.39, 0.29) is 30.4 Å². The molecular weight excluding hydrogens is 276 g/mol. The third-order valence-corrected chi connectivity index (χ3v) is 4.14. The van der Waals surface area contributed by atoms with Crippen molar-refractivity contribution in [2.75, 3.05) is 26.3 Å². The average molecular weight is 296 g/mol. The third kappa shape index (κ3) is 3.07. The summed E-state index contributed by atoms with van der Waals surface area (Å²) >= 11 is 0. The summed E-state index contributed by atoms with van der Waals surface area (Å²) in [5, 5.41) is 19.2. The predicted octanol–water partition coefficient (Wildman–Crippen LogP) is -0.668. The standard InChI is InChI=1S/C13H20N4O4/c1-8-12(16-21-15-8)13(19)14-9-4-10-7-20-11(2-3-18)6-17(10)5-9/h9-11,18H,2-7H2,1H3,(H,14,19)/t9-,10-,11-/m0/s1. The van der Waals surface area contributed by atoms with Crippen LogP contribution in [0.5, 0.6) is 0 Å². The van der Waals surface area contributed by atoms with Gasteiger partial charge in [0.2, 0.25) is 0 Å². The van der Waals surface area contributed by atoms with Gasteiger partial charge < -0.3 is 15.2 Å². The summed E-state index contributed by atoms with van der Waals surface area (Å²) in [6.45, 7) is 4.09. The number of aliphatic hydroxyl groups is 1. The zero-order valence-corrected chi connectivity index (χ0v) is 12.0. The summed E-state index contributed by atoms with van der Waals surface area (Å²) in [5.41, 5.74) is 0.740. The highest BCUT2D eigenvalue weighted by molar-refractivity contribution is 5.93. The minimum absolute atomic E-state index is 0.0788. The molecule has 1 amide bonds. The van der Waals surface area contributed by atoms with E-state index in [0.29, 0.717) is 24.8 Å². The second-order valence-electron chi connectivity index (χ2n) is 5.68. The summed E-state index contributed by atoms with van der Waals surface area (Å²) in [5.74, 6) is -0.244. The number of aromatic nitrogens is 2. The molecule has 0 spiro atoms. The zero-order valence-electron chi connectivity index (χ0n) is 12.0. The molecule has 116 valence electrons. The number of amides is 1. The number of fused-ring (bicyclic) bond motifs is 1. The number of carbonyl (C=O) groups is 1. The van der Waals surface area contributed by atoms with Crippen LogP contribution in [0.25, 0.3) is 0 Å².